The maximum absolute atomic E-state index is 13.3. The van der Waals surface area contributed by atoms with E-state index in [4.69, 9.17) is 0 Å². The molecule has 3 aromatic carbocycles. The van der Waals surface area contributed by atoms with Crippen molar-refractivity contribution < 1.29 is 30.7 Å². The van der Waals surface area contributed by atoms with Crippen LogP contribution in [0.2, 0.25) is 0 Å². The van der Waals surface area contributed by atoms with Crippen LogP contribution in [0.3, 0.4) is 0 Å². The number of halogens is 2. The van der Waals surface area contributed by atoms with Crippen molar-refractivity contribution in [1.29, 1.82) is 0 Å². The number of Topliss-reactive ketones (excluding diaryl/α,β-unsaturated/α-hetero) is 1. The number of hydrogen-bond donors (Lipinski definition) is 0. The highest BCUT2D eigenvalue weighted by Crippen LogP contribution is 2.25. The number of nitrogens with zero attached hydrogens (tertiary/aromatic N) is 2. The van der Waals surface area contributed by atoms with Gasteiger partial charge in [-0.1, -0.05) is 42.5 Å². The largest absolute Gasteiger partial charge is 1.00 e. The van der Waals surface area contributed by atoms with Crippen LogP contribution < -0.4 is 21.5 Å². The van der Waals surface area contributed by atoms with Gasteiger partial charge >= 0.3 is 0 Å². The fourth-order valence-electron chi connectivity index (χ4n) is 4.21. The Morgan fingerprint density at radius 2 is 1.76 bits per heavy atom. The topological polar surface area (TPSA) is 25.9 Å². The van der Waals surface area contributed by atoms with Gasteiger partial charge in [-0.3, -0.25) is 4.79 Å². The van der Waals surface area contributed by atoms with Gasteiger partial charge in [0.2, 0.25) is 5.78 Å². The molecule has 0 amide bonds. The SMILES string of the molecule is O=C(C[n+]1cc(-c2ccc(F)cc2)n2c1CCC2)c1cccc2ccccc12.[Br-]. The fourth-order valence-corrected chi connectivity index (χ4v) is 4.21. The van der Waals surface area contributed by atoms with E-state index in [9.17, 15) is 9.18 Å². The lowest BCUT2D eigenvalue weighted by atomic mass is 10.0. The molecule has 0 N–H and O–H groups in total. The second-order valence-electron chi connectivity index (χ2n) is 7.27. The summed E-state index contributed by atoms with van der Waals surface area (Å²) in [6.07, 6.45) is 4.04. The van der Waals surface area contributed by atoms with Gasteiger partial charge in [0.05, 0.1) is 13.0 Å². The molecule has 5 rings (SSSR count). The number of rotatable bonds is 4. The normalized spacial score (nSPS) is 12.6. The summed E-state index contributed by atoms with van der Waals surface area (Å²) >= 11 is 0. The second-order valence-corrected chi connectivity index (χ2v) is 7.27. The van der Waals surface area contributed by atoms with Crippen molar-refractivity contribution in [2.24, 2.45) is 0 Å². The second kappa shape index (κ2) is 7.91. The van der Waals surface area contributed by atoms with E-state index in [2.05, 4.69) is 9.13 Å². The molecule has 5 heteroatoms. The Balaban J connectivity index is 0.00000205. The third-order valence-electron chi connectivity index (χ3n) is 5.54. The van der Waals surface area contributed by atoms with E-state index in [1.54, 1.807) is 12.1 Å². The lowest BCUT2D eigenvalue weighted by Gasteiger charge is -2.05. The molecular formula is C24H20BrFN2O. The molecule has 0 radical (unpaired) electrons. The molecule has 0 saturated heterocycles. The Labute approximate surface area is 179 Å². The molecule has 0 atom stereocenters. The third-order valence-corrected chi connectivity index (χ3v) is 5.54. The molecule has 146 valence electrons. The van der Waals surface area contributed by atoms with Gasteiger partial charge in [-0.25, -0.2) is 13.5 Å². The molecule has 2 heterocycles. The molecule has 0 unspecified atom stereocenters. The van der Waals surface area contributed by atoms with E-state index < -0.39 is 0 Å². The van der Waals surface area contributed by atoms with Crippen molar-refractivity contribution >= 4 is 16.6 Å². The summed E-state index contributed by atoms with van der Waals surface area (Å²) in [7, 11) is 0. The number of carbonyl (C=O) groups is 1. The lowest BCUT2D eigenvalue weighted by Crippen LogP contribution is -3.00. The number of fused-ring (bicyclic) bond motifs is 2. The highest BCUT2D eigenvalue weighted by molar-refractivity contribution is 6.07. The zero-order valence-corrected chi connectivity index (χ0v) is 17.4. The molecule has 0 bridgehead atoms. The highest BCUT2D eigenvalue weighted by atomic mass is 79.9. The molecular weight excluding hydrogens is 431 g/mol. The van der Waals surface area contributed by atoms with Crippen LogP contribution in [0, 0.1) is 5.82 Å². The van der Waals surface area contributed by atoms with E-state index >= 15 is 0 Å². The van der Waals surface area contributed by atoms with E-state index in [1.165, 1.54) is 12.1 Å². The first-order chi connectivity index (χ1) is 13.7. The first-order valence-electron chi connectivity index (χ1n) is 9.59. The predicted molar refractivity (Wildman–Crippen MR) is 107 cm³/mol. The van der Waals surface area contributed by atoms with Gasteiger partial charge in [-0.15, -0.1) is 0 Å². The molecule has 1 aromatic heterocycles. The standard InChI is InChI=1S/C24H20FN2O.BrH/c25-19-12-10-18(11-13-19)22-15-26(24-9-4-14-27(22)24)16-23(28)21-8-3-6-17-5-1-2-7-20(17)21;/h1-3,5-8,10-13,15H,4,9,14,16H2;1H/q+1;/p-1. The fraction of sp³-hybridized carbons (Fsp3) is 0.167. The smallest absolute Gasteiger partial charge is 0.257 e. The average molecular weight is 451 g/mol. The molecule has 1 aliphatic rings. The van der Waals surface area contributed by atoms with Gasteiger partial charge in [0, 0.05) is 11.1 Å². The third kappa shape index (κ3) is 3.51. The summed E-state index contributed by atoms with van der Waals surface area (Å²) in [5, 5.41) is 2.07. The van der Waals surface area contributed by atoms with Crippen molar-refractivity contribution in [1.82, 2.24) is 4.57 Å². The molecule has 0 saturated carbocycles. The monoisotopic (exact) mass is 450 g/mol. The van der Waals surface area contributed by atoms with E-state index in [-0.39, 0.29) is 28.6 Å². The van der Waals surface area contributed by atoms with E-state index in [1.807, 2.05) is 48.7 Å². The number of ketones is 1. The van der Waals surface area contributed by atoms with Crippen molar-refractivity contribution in [3.8, 4) is 11.3 Å². The minimum atomic E-state index is -0.240. The minimum absolute atomic E-state index is 0. The summed E-state index contributed by atoms with van der Waals surface area (Å²) in [6.45, 7) is 1.24. The van der Waals surface area contributed by atoms with E-state index in [0.29, 0.717) is 6.54 Å². The zero-order valence-electron chi connectivity index (χ0n) is 15.8. The molecule has 0 fully saturated rings. The summed E-state index contributed by atoms with van der Waals surface area (Å²) in [5.41, 5.74) is 2.77. The minimum Gasteiger partial charge on any atom is -1.00 e. The van der Waals surface area contributed by atoms with Gasteiger partial charge < -0.3 is 17.0 Å². The Kier molecular flexibility index (Phi) is 5.33. The quantitative estimate of drug-likeness (QED) is 0.342. The Morgan fingerprint density at radius 1 is 1.00 bits per heavy atom. The van der Waals surface area contributed by atoms with Crippen molar-refractivity contribution in [3.05, 3.63) is 90.1 Å². The average Bonchev–Trinajstić information content (AvgIpc) is 3.32. The first kappa shape index (κ1) is 19.5. The highest BCUT2D eigenvalue weighted by Gasteiger charge is 2.30. The summed E-state index contributed by atoms with van der Waals surface area (Å²) in [4.78, 5) is 13.1. The zero-order chi connectivity index (χ0) is 19.1. The molecule has 0 aliphatic carbocycles. The van der Waals surface area contributed by atoms with Crippen LogP contribution >= 0.6 is 0 Å². The van der Waals surface area contributed by atoms with Gasteiger partial charge in [-0.2, -0.15) is 0 Å². The number of imidazole rings is 1. The Morgan fingerprint density at radius 3 is 2.59 bits per heavy atom. The number of benzene rings is 3. The van der Waals surface area contributed by atoms with Crippen molar-refractivity contribution in [3.63, 3.8) is 0 Å². The van der Waals surface area contributed by atoms with Gasteiger partial charge in [-0.05, 0) is 41.5 Å². The van der Waals surface area contributed by atoms with Crippen LogP contribution in [0.5, 0.6) is 0 Å². The van der Waals surface area contributed by atoms with Crippen molar-refractivity contribution in [2.45, 2.75) is 25.9 Å². The van der Waals surface area contributed by atoms with Gasteiger partial charge in [0.1, 0.15) is 12.0 Å². The molecule has 0 spiro atoms. The van der Waals surface area contributed by atoms with Crippen molar-refractivity contribution in [2.75, 3.05) is 0 Å². The Bertz CT molecular complexity index is 1190. The van der Waals surface area contributed by atoms with Crippen LogP contribution in [0.15, 0.2) is 72.9 Å². The van der Waals surface area contributed by atoms with Crippen LogP contribution in [-0.2, 0) is 19.5 Å². The van der Waals surface area contributed by atoms with Gasteiger partial charge in [0.25, 0.3) is 5.82 Å². The summed E-state index contributed by atoms with van der Waals surface area (Å²) in [6, 6.07) is 20.4. The number of hydrogen-bond acceptors (Lipinski definition) is 1. The van der Waals surface area contributed by atoms with Crippen LogP contribution in [-0.4, -0.2) is 10.4 Å². The lowest BCUT2D eigenvalue weighted by molar-refractivity contribution is -0.689. The Hall–Kier alpha value is -2.79. The number of carbonyl (C=O) groups excluding carboxylic acids is 1. The summed E-state index contributed by atoms with van der Waals surface area (Å²) in [5.74, 6) is 1.02. The first-order valence-corrected chi connectivity index (χ1v) is 9.59. The predicted octanol–water partition coefficient (Wildman–Crippen LogP) is 1.57. The molecule has 3 nitrogen and oxygen atoms in total. The van der Waals surface area contributed by atoms with Crippen LogP contribution in [0.1, 0.15) is 22.6 Å². The molecule has 1 aliphatic heterocycles. The maximum atomic E-state index is 13.3. The summed E-state index contributed by atoms with van der Waals surface area (Å²) < 4.78 is 17.6. The maximum Gasteiger partial charge on any atom is 0.257 e. The molecule has 4 aromatic rings. The molecule has 29 heavy (non-hydrogen) atoms. The van der Waals surface area contributed by atoms with Crippen LogP contribution in [0.25, 0.3) is 22.0 Å². The van der Waals surface area contributed by atoms with Gasteiger partial charge in [0.15, 0.2) is 12.2 Å². The van der Waals surface area contributed by atoms with Crippen LogP contribution in [0.4, 0.5) is 4.39 Å². The number of aromatic nitrogens is 2. The van der Waals surface area contributed by atoms with E-state index in [0.717, 1.165) is 52.8 Å².